The third-order valence-electron chi connectivity index (χ3n) is 9.39. The van der Waals surface area contributed by atoms with Gasteiger partial charge in [0.25, 0.3) is 11.8 Å². The summed E-state index contributed by atoms with van der Waals surface area (Å²) in [6.07, 6.45) is -4.93. The lowest BCUT2D eigenvalue weighted by molar-refractivity contribution is -0.339. The Morgan fingerprint density at radius 2 is 1.39 bits per heavy atom. The number of carbonyl (C=O) groups is 3. The van der Waals surface area contributed by atoms with E-state index >= 15 is 0 Å². The number of halogens is 6. The summed E-state index contributed by atoms with van der Waals surface area (Å²) in [5, 5.41) is 22.3. The number of hydrogen-bond acceptors (Lipinski definition) is 5. The summed E-state index contributed by atoms with van der Waals surface area (Å²) in [7, 11) is 0. The van der Waals surface area contributed by atoms with Crippen LogP contribution in [0.2, 0.25) is 5.02 Å². The number of piperidine rings is 2. The molecule has 3 aliphatic heterocycles. The standard InChI is InChI=1S/C31H34ClF5N4O5/c32-25-16-23(6-7-24(25)26(42)41-17-22(18-41)38-28(44)45)39-12-8-19(9-13-39)20-10-14-40(15-11-20)27(43)29(46,21-4-2-1-3-5-21)30(33,34)31(35,36)37/h1-7,16,19-20,22,38,46H,8-15,17-18H2,(H,44,45). The zero-order chi connectivity index (χ0) is 33.4. The van der Waals surface area contributed by atoms with Crippen molar-refractivity contribution in [3.8, 4) is 0 Å². The monoisotopic (exact) mass is 672 g/mol. The Balaban J connectivity index is 1.16. The zero-order valence-electron chi connectivity index (χ0n) is 24.7. The Kier molecular flexibility index (Phi) is 9.42. The molecule has 46 heavy (non-hydrogen) atoms. The molecule has 0 spiro atoms. The fraction of sp³-hybridized carbons (Fsp3) is 0.516. The molecule has 0 saturated carbocycles. The number of carboxylic acid groups (broad SMARTS) is 1. The third kappa shape index (κ3) is 6.33. The summed E-state index contributed by atoms with van der Waals surface area (Å²) < 4.78 is 69.8. The number of alkyl halides is 5. The number of carbonyl (C=O) groups excluding carboxylic acids is 2. The minimum absolute atomic E-state index is 0.0535. The van der Waals surface area contributed by atoms with Crippen molar-refractivity contribution in [2.75, 3.05) is 44.2 Å². The van der Waals surface area contributed by atoms with E-state index in [0.29, 0.717) is 31.5 Å². The molecule has 9 nitrogen and oxygen atoms in total. The average Bonchev–Trinajstić information content (AvgIpc) is 3.01. The molecule has 0 aromatic heterocycles. The lowest BCUT2D eigenvalue weighted by Crippen LogP contribution is -2.63. The fourth-order valence-electron chi connectivity index (χ4n) is 6.71. The van der Waals surface area contributed by atoms with Crippen LogP contribution in [-0.4, -0.2) is 95.3 Å². The summed E-state index contributed by atoms with van der Waals surface area (Å²) in [4.78, 5) is 41.3. The quantitative estimate of drug-likeness (QED) is 0.358. The van der Waals surface area contributed by atoms with E-state index in [1.54, 1.807) is 18.2 Å². The molecule has 3 heterocycles. The smallest absolute Gasteiger partial charge is 0.457 e. The second-order valence-corrected chi connectivity index (χ2v) is 12.5. The highest BCUT2D eigenvalue weighted by Gasteiger charge is 2.74. The average molecular weight is 673 g/mol. The molecule has 3 aliphatic rings. The van der Waals surface area contributed by atoms with Gasteiger partial charge in [-0.3, -0.25) is 9.59 Å². The molecular formula is C31H34ClF5N4O5. The van der Waals surface area contributed by atoms with Crippen molar-refractivity contribution in [2.24, 2.45) is 11.8 Å². The van der Waals surface area contributed by atoms with E-state index in [1.165, 1.54) is 23.1 Å². The SMILES string of the molecule is O=C(O)NC1CN(C(=O)c2ccc(N3CCC(C4CCN(C(=O)C(O)(c5ccccc5)C(F)(F)C(F)(F)F)CC4)CC3)cc2Cl)C1. The number of likely N-dealkylation sites (tertiary alicyclic amines) is 2. The molecule has 1 unspecified atom stereocenters. The van der Waals surface area contributed by atoms with Gasteiger partial charge in [0.05, 0.1) is 16.6 Å². The highest BCUT2D eigenvalue weighted by Crippen LogP contribution is 2.50. The van der Waals surface area contributed by atoms with E-state index in [1.807, 2.05) is 0 Å². The molecule has 3 saturated heterocycles. The molecule has 2 aromatic carbocycles. The van der Waals surface area contributed by atoms with Crippen molar-refractivity contribution < 1.29 is 46.5 Å². The first-order chi connectivity index (χ1) is 21.6. The largest absolute Gasteiger partial charge is 0.465 e. The topological polar surface area (TPSA) is 113 Å². The van der Waals surface area contributed by atoms with E-state index in [2.05, 4.69) is 10.2 Å². The highest BCUT2D eigenvalue weighted by atomic mass is 35.5. The number of nitrogens with zero attached hydrogens (tertiary/aromatic N) is 3. The van der Waals surface area contributed by atoms with Crippen LogP contribution in [-0.2, 0) is 10.4 Å². The molecule has 2 aromatic rings. The van der Waals surface area contributed by atoms with E-state index in [9.17, 15) is 41.4 Å². The van der Waals surface area contributed by atoms with Crippen LogP contribution in [0.15, 0.2) is 48.5 Å². The van der Waals surface area contributed by atoms with Crippen molar-refractivity contribution in [3.05, 3.63) is 64.7 Å². The Morgan fingerprint density at radius 3 is 1.91 bits per heavy atom. The summed E-state index contributed by atoms with van der Waals surface area (Å²) in [6.45, 7) is 1.76. The highest BCUT2D eigenvalue weighted by molar-refractivity contribution is 6.34. The maximum Gasteiger partial charge on any atom is 0.457 e. The predicted molar refractivity (Wildman–Crippen MR) is 158 cm³/mol. The number of rotatable bonds is 7. The predicted octanol–water partition coefficient (Wildman–Crippen LogP) is 4.97. The molecule has 3 amide bonds. The first-order valence-electron chi connectivity index (χ1n) is 15.0. The first kappa shape index (κ1) is 33.7. The second-order valence-electron chi connectivity index (χ2n) is 12.1. The van der Waals surface area contributed by atoms with Gasteiger partial charge >= 0.3 is 18.2 Å². The van der Waals surface area contributed by atoms with Crippen LogP contribution < -0.4 is 10.2 Å². The Labute approximate surface area is 266 Å². The van der Waals surface area contributed by atoms with Gasteiger partial charge in [-0.05, 0) is 61.3 Å². The normalized spacial score (nSPS) is 20.2. The molecule has 0 bridgehead atoms. The van der Waals surface area contributed by atoms with Crippen molar-refractivity contribution in [3.63, 3.8) is 0 Å². The van der Waals surface area contributed by atoms with Crippen LogP contribution in [0, 0.1) is 11.8 Å². The van der Waals surface area contributed by atoms with Crippen LogP contribution in [0.4, 0.5) is 32.4 Å². The molecular weight excluding hydrogens is 639 g/mol. The third-order valence-corrected chi connectivity index (χ3v) is 9.70. The van der Waals surface area contributed by atoms with Crippen LogP contribution in [0.5, 0.6) is 0 Å². The van der Waals surface area contributed by atoms with E-state index < -0.39 is 35.3 Å². The van der Waals surface area contributed by atoms with Gasteiger partial charge in [0, 0.05) is 45.0 Å². The van der Waals surface area contributed by atoms with Gasteiger partial charge in [-0.15, -0.1) is 0 Å². The summed E-state index contributed by atoms with van der Waals surface area (Å²) in [5.74, 6) is -7.30. The van der Waals surface area contributed by atoms with E-state index in [0.717, 1.165) is 35.6 Å². The summed E-state index contributed by atoms with van der Waals surface area (Å²) in [5.41, 5.74) is -3.76. The van der Waals surface area contributed by atoms with Crippen LogP contribution in [0.3, 0.4) is 0 Å². The molecule has 15 heteroatoms. The van der Waals surface area contributed by atoms with Gasteiger partial charge in [-0.25, -0.2) is 4.79 Å². The maximum atomic E-state index is 14.7. The summed E-state index contributed by atoms with van der Waals surface area (Å²) >= 11 is 6.46. The zero-order valence-corrected chi connectivity index (χ0v) is 25.4. The van der Waals surface area contributed by atoms with E-state index in [-0.39, 0.29) is 55.0 Å². The van der Waals surface area contributed by atoms with Crippen LogP contribution in [0.1, 0.15) is 41.6 Å². The number of hydrogen-bond donors (Lipinski definition) is 3. The van der Waals surface area contributed by atoms with Crippen molar-refractivity contribution >= 4 is 35.2 Å². The lowest BCUT2D eigenvalue weighted by Gasteiger charge is -2.44. The molecule has 3 N–H and O–H groups in total. The first-order valence-corrected chi connectivity index (χ1v) is 15.4. The fourth-order valence-corrected chi connectivity index (χ4v) is 6.97. The summed E-state index contributed by atoms with van der Waals surface area (Å²) in [6, 6.07) is 10.4. The molecule has 250 valence electrons. The Bertz CT molecular complexity index is 1440. The minimum atomic E-state index is -6.15. The van der Waals surface area contributed by atoms with Crippen molar-refractivity contribution in [1.29, 1.82) is 0 Å². The van der Waals surface area contributed by atoms with Crippen molar-refractivity contribution in [2.45, 2.75) is 49.4 Å². The minimum Gasteiger partial charge on any atom is -0.465 e. The van der Waals surface area contributed by atoms with Gasteiger partial charge in [-0.1, -0.05) is 41.9 Å². The van der Waals surface area contributed by atoms with Crippen molar-refractivity contribution in [1.82, 2.24) is 15.1 Å². The van der Waals surface area contributed by atoms with Gasteiger partial charge in [0.2, 0.25) is 5.60 Å². The molecule has 0 radical (unpaired) electrons. The molecule has 1 atom stereocenters. The van der Waals surface area contributed by atoms with Gasteiger partial charge in [0.1, 0.15) is 0 Å². The van der Waals surface area contributed by atoms with Gasteiger partial charge < -0.3 is 30.2 Å². The maximum absolute atomic E-state index is 14.7. The Morgan fingerprint density at radius 1 is 0.826 bits per heavy atom. The second kappa shape index (κ2) is 12.9. The van der Waals surface area contributed by atoms with Gasteiger partial charge in [0.15, 0.2) is 0 Å². The van der Waals surface area contributed by atoms with E-state index in [4.69, 9.17) is 16.7 Å². The van der Waals surface area contributed by atoms with Crippen LogP contribution >= 0.6 is 11.6 Å². The van der Waals surface area contributed by atoms with Gasteiger partial charge in [-0.2, -0.15) is 22.0 Å². The number of nitrogens with one attached hydrogen (secondary N) is 1. The number of benzene rings is 2. The number of amides is 3. The number of aliphatic hydroxyl groups is 1. The number of anilines is 1. The Hall–Kier alpha value is -3.65. The lowest BCUT2D eigenvalue weighted by atomic mass is 9.78. The molecule has 5 rings (SSSR count). The van der Waals surface area contributed by atoms with Crippen LogP contribution in [0.25, 0.3) is 0 Å². The molecule has 3 fully saturated rings. The molecule has 0 aliphatic carbocycles.